The van der Waals surface area contributed by atoms with E-state index < -0.39 is 15.9 Å². The highest BCUT2D eigenvalue weighted by atomic mass is 35.6. The SMILES string of the molecule is COC(=O)c1ccc(NC(=S)NC(NC(=O)Cc2ccc(C)cc2)C(Cl)(Cl)Cl)cc1. The van der Waals surface area contributed by atoms with Crippen LogP contribution in [0.3, 0.4) is 0 Å². The summed E-state index contributed by atoms with van der Waals surface area (Å²) >= 11 is 23.2. The zero-order valence-electron chi connectivity index (χ0n) is 16.2. The first-order chi connectivity index (χ1) is 14.1. The minimum Gasteiger partial charge on any atom is -0.465 e. The van der Waals surface area contributed by atoms with Crippen molar-refractivity contribution in [2.75, 3.05) is 12.4 Å². The second-order valence-corrected chi connectivity index (χ2v) is 9.15. The summed E-state index contributed by atoms with van der Waals surface area (Å²) in [4.78, 5) is 23.9. The molecule has 1 unspecified atom stereocenters. The lowest BCUT2D eigenvalue weighted by Crippen LogP contribution is -2.56. The highest BCUT2D eigenvalue weighted by Gasteiger charge is 2.34. The summed E-state index contributed by atoms with van der Waals surface area (Å²) in [5.41, 5.74) is 2.90. The molecule has 6 nitrogen and oxygen atoms in total. The zero-order valence-corrected chi connectivity index (χ0v) is 19.3. The number of carbonyl (C=O) groups is 2. The number of hydrogen-bond donors (Lipinski definition) is 3. The standard InChI is InChI=1S/C20H20Cl3N3O3S/c1-12-3-5-13(6-4-12)11-16(27)25-18(20(21,22)23)26-19(30)24-15-9-7-14(8-10-15)17(28)29-2/h3-10,18H,11H2,1-2H3,(H,25,27)(H2,24,26,30). The van der Waals surface area contributed by atoms with Crippen LogP contribution >= 0.6 is 47.0 Å². The molecule has 0 saturated heterocycles. The number of methoxy groups -OCH3 is 1. The van der Waals surface area contributed by atoms with Gasteiger partial charge in [-0.15, -0.1) is 0 Å². The van der Waals surface area contributed by atoms with Crippen molar-refractivity contribution >= 4 is 69.7 Å². The molecule has 0 radical (unpaired) electrons. The highest BCUT2D eigenvalue weighted by Crippen LogP contribution is 2.29. The van der Waals surface area contributed by atoms with Gasteiger partial charge in [0.15, 0.2) is 5.11 Å². The van der Waals surface area contributed by atoms with E-state index in [1.807, 2.05) is 31.2 Å². The lowest BCUT2D eigenvalue weighted by molar-refractivity contribution is -0.121. The van der Waals surface area contributed by atoms with Crippen molar-refractivity contribution in [2.24, 2.45) is 0 Å². The molecule has 0 saturated carbocycles. The molecule has 0 heterocycles. The van der Waals surface area contributed by atoms with Crippen LogP contribution in [0.25, 0.3) is 0 Å². The first-order valence-corrected chi connectivity index (χ1v) is 10.3. The topological polar surface area (TPSA) is 79.5 Å². The van der Waals surface area contributed by atoms with Crippen molar-refractivity contribution in [1.82, 2.24) is 10.6 Å². The number of carbonyl (C=O) groups excluding carboxylic acids is 2. The van der Waals surface area contributed by atoms with Crippen LogP contribution in [0.2, 0.25) is 0 Å². The van der Waals surface area contributed by atoms with E-state index in [0.717, 1.165) is 11.1 Å². The van der Waals surface area contributed by atoms with Crippen LogP contribution in [0, 0.1) is 6.92 Å². The van der Waals surface area contributed by atoms with Crippen molar-refractivity contribution in [3.63, 3.8) is 0 Å². The minimum absolute atomic E-state index is 0.118. The van der Waals surface area contributed by atoms with Crippen molar-refractivity contribution in [3.05, 3.63) is 65.2 Å². The zero-order chi connectivity index (χ0) is 22.3. The Labute approximate surface area is 195 Å². The fourth-order valence-electron chi connectivity index (χ4n) is 2.41. The molecular formula is C20H20Cl3N3O3S. The summed E-state index contributed by atoms with van der Waals surface area (Å²) in [7, 11) is 1.30. The molecule has 2 aromatic carbocycles. The van der Waals surface area contributed by atoms with Gasteiger partial charge in [-0.2, -0.15) is 0 Å². The normalized spacial score (nSPS) is 11.9. The Morgan fingerprint density at radius 2 is 1.63 bits per heavy atom. The predicted octanol–water partition coefficient (Wildman–Crippen LogP) is 4.12. The molecular weight excluding hydrogens is 469 g/mol. The van der Waals surface area contributed by atoms with Gasteiger partial charge in [0.05, 0.1) is 19.1 Å². The monoisotopic (exact) mass is 487 g/mol. The van der Waals surface area contributed by atoms with Gasteiger partial charge in [0.2, 0.25) is 9.70 Å². The quantitative estimate of drug-likeness (QED) is 0.246. The number of halogens is 3. The van der Waals surface area contributed by atoms with Crippen LogP contribution in [0.1, 0.15) is 21.5 Å². The number of ether oxygens (including phenoxy) is 1. The molecule has 0 aromatic heterocycles. The molecule has 3 N–H and O–H groups in total. The van der Waals surface area contributed by atoms with E-state index >= 15 is 0 Å². The first-order valence-electron chi connectivity index (χ1n) is 8.76. The molecule has 160 valence electrons. The van der Waals surface area contributed by atoms with E-state index in [-0.39, 0.29) is 17.4 Å². The maximum absolute atomic E-state index is 12.4. The smallest absolute Gasteiger partial charge is 0.337 e. The van der Waals surface area contributed by atoms with Crippen LogP contribution in [-0.2, 0) is 16.0 Å². The number of nitrogens with one attached hydrogen (secondary N) is 3. The average Bonchev–Trinajstić information content (AvgIpc) is 2.68. The third-order valence-corrected chi connectivity index (χ3v) is 4.83. The summed E-state index contributed by atoms with van der Waals surface area (Å²) in [6, 6.07) is 14.0. The van der Waals surface area contributed by atoms with Gasteiger partial charge in [0, 0.05) is 5.69 Å². The Morgan fingerprint density at radius 3 is 2.17 bits per heavy atom. The summed E-state index contributed by atoms with van der Waals surface area (Å²) in [6.07, 6.45) is -0.955. The van der Waals surface area contributed by atoms with E-state index in [2.05, 4.69) is 20.7 Å². The van der Waals surface area contributed by atoms with Gasteiger partial charge in [0.1, 0.15) is 6.17 Å². The molecule has 0 spiro atoms. The first kappa shape index (κ1) is 24.2. The van der Waals surface area contributed by atoms with Crippen LogP contribution < -0.4 is 16.0 Å². The fraction of sp³-hybridized carbons (Fsp3) is 0.250. The molecule has 1 atom stereocenters. The third kappa shape index (κ3) is 7.65. The van der Waals surface area contributed by atoms with Crippen LogP contribution in [-0.4, -0.2) is 34.1 Å². The van der Waals surface area contributed by atoms with Crippen LogP contribution in [0.5, 0.6) is 0 Å². The molecule has 10 heteroatoms. The predicted molar refractivity (Wildman–Crippen MR) is 124 cm³/mol. The summed E-state index contributed by atoms with van der Waals surface area (Å²) in [5, 5.41) is 8.43. The lowest BCUT2D eigenvalue weighted by atomic mass is 10.1. The van der Waals surface area contributed by atoms with Gasteiger partial charge >= 0.3 is 5.97 Å². The van der Waals surface area contributed by atoms with Gasteiger partial charge in [-0.05, 0) is 49.0 Å². The largest absolute Gasteiger partial charge is 0.465 e. The van der Waals surface area contributed by atoms with E-state index in [0.29, 0.717) is 11.3 Å². The van der Waals surface area contributed by atoms with Crippen LogP contribution in [0.15, 0.2) is 48.5 Å². The summed E-state index contributed by atoms with van der Waals surface area (Å²) in [6.45, 7) is 1.96. The molecule has 1 amide bonds. The molecule has 0 aliphatic rings. The second-order valence-electron chi connectivity index (χ2n) is 6.37. The molecule has 2 aromatic rings. The van der Waals surface area contributed by atoms with Gasteiger partial charge in [-0.25, -0.2) is 4.79 Å². The maximum Gasteiger partial charge on any atom is 0.337 e. The van der Waals surface area contributed by atoms with E-state index in [1.165, 1.54) is 7.11 Å². The van der Waals surface area contributed by atoms with Crippen molar-refractivity contribution in [3.8, 4) is 0 Å². The Kier molecular flexibility index (Phi) is 8.73. The summed E-state index contributed by atoms with van der Waals surface area (Å²) < 4.78 is 2.79. The fourth-order valence-corrected chi connectivity index (χ4v) is 2.97. The molecule has 0 aliphatic heterocycles. The molecule has 2 rings (SSSR count). The number of anilines is 1. The highest BCUT2D eigenvalue weighted by molar-refractivity contribution is 7.80. The van der Waals surface area contributed by atoms with Crippen molar-refractivity contribution in [1.29, 1.82) is 0 Å². The van der Waals surface area contributed by atoms with E-state index in [9.17, 15) is 9.59 Å². The van der Waals surface area contributed by atoms with Gasteiger partial charge in [0.25, 0.3) is 0 Å². The van der Waals surface area contributed by atoms with Crippen molar-refractivity contribution in [2.45, 2.75) is 23.3 Å². The van der Waals surface area contributed by atoms with E-state index in [1.54, 1.807) is 24.3 Å². The maximum atomic E-state index is 12.4. The Bertz CT molecular complexity index is 900. The van der Waals surface area contributed by atoms with Crippen LogP contribution in [0.4, 0.5) is 5.69 Å². The minimum atomic E-state index is -1.86. The molecule has 30 heavy (non-hydrogen) atoms. The second kappa shape index (κ2) is 10.8. The van der Waals surface area contributed by atoms with Gasteiger partial charge in [-0.3, -0.25) is 4.79 Å². The number of amides is 1. The number of esters is 1. The lowest BCUT2D eigenvalue weighted by Gasteiger charge is -2.27. The van der Waals surface area contributed by atoms with Gasteiger partial charge in [-0.1, -0.05) is 64.6 Å². The number of aryl methyl sites for hydroxylation is 1. The summed E-state index contributed by atoms with van der Waals surface area (Å²) in [5.74, 6) is -0.789. The Hall–Kier alpha value is -2.06. The molecule has 0 fully saturated rings. The Balaban J connectivity index is 1.98. The number of hydrogen-bond acceptors (Lipinski definition) is 4. The van der Waals surface area contributed by atoms with Gasteiger partial charge < -0.3 is 20.7 Å². The number of benzene rings is 2. The number of rotatable bonds is 6. The number of alkyl halides is 3. The van der Waals surface area contributed by atoms with Crippen molar-refractivity contribution < 1.29 is 14.3 Å². The average molecular weight is 489 g/mol. The Morgan fingerprint density at radius 1 is 1.03 bits per heavy atom. The van der Waals surface area contributed by atoms with E-state index in [4.69, 9.17) is 47.0 Å². The third-order valence-electron chi connectivity index (χ3n) is 3.96. The number of thiocarbonyl (C=S) groups is 1. The molecule has 0 aliphatic carbocycles. The molecule has 0 bridgehead atoms.